The summed E-state index contributed by atoms with van der Waals surface area (Å²) in [6.07, 6.45) is 2.41. The molecule has 2 rings (SSSR count). The molecular weight excluding hydrogens is 163 g/mol. The fraction of sp³-hybridized carbons (Fsp3) is 1.00. The molecule has 2 fully saturated rings. The van der Waals surface area contributed by atoms with Gasteiger partial charge in [0.05, 0.1) is 0 Å². The van der Waals surface area contributed by atoms with E-state index in [4.69, 9.17) is 0 Å². The van der Waals surface area contributed by atoms with Crippen LogP contribution in [0.2, 0.25) is 6.82 Å². The molecule has 1 aliphatic heterocycles. The molecule has 0 aromatic rings. The van der Waals surface area contributed by atoms with Crippen LogP contribution in [0.4, 0.5) is 0 Å². The first-order valence-corrected chi connectivity index (χ1v) is 5.25. The Morgan fingerprint density at radius 1 is 1.38 bits per heavy atom. The summed E-state index contributed by atoms with van der Waals surface area (Å²) in [5.41, 5.74) is 0.172. The van der Waals surface area contributed by atoms with Crippen LogP contribution in [-0.4, -0.2) is 30.7 Å². The van der Waals surface area contributed by atoms with Gasteiger partial charge in [-0.05, 0) is 51.5 Å². The molecule has 0 radical (unpaired) electrons. The second-order valence-electron chi connectivity index (χ2n) is 4.97. The molecule has 1 unspecified atom stereocenters. The quantitative estimate of drug-likeness (QED) is 0.529. The highest BCUT2D eigenvalue weighted by Gasteiger charge is 2.44. The molecule has 74 valence electrons. The third-order valence-corrected chi connectivity index (χ3v) is 3.46. The van der Waals surface area contributed by atoms with Crippen LogP contribution < -0.4 is 10.5 Å². The zero-order valence-electron chi connectivity index (χ0n) is 8.51. The highest BCUT2D eigenvalue weighted by Crippen LogP contribution is 2.40. The van der Waals surface area contributed by atoms with Crippen LogP contribution in [-0.2, 0) is 0 Å². The van der Waals surface area contributed by atoms with Crippen molar-refractivity contribution < 1.29 is 5.02 Å². The molecule has 0 amide bonds. The van der Waals surface area contributed by atoms with Gasteiger partial charge >= 0.3 is 7.05 Å². The predicted octanol–water partition coefficient (Wildman–Crippen LogP) is 0.0744. The molecule has 3 N–H and O–H groups in total. The van der Waals surface area contributed by atoms with E-state index in [0.29, 0.717) is 0 Å². The van der Waals surface area contributed by atoms with Gasteiger partial charge in [-0.3, -0.25) is 0 Å². The largest absolute Gasteiger partial charge is 0.437 e. The third kappa shape index (κ3) is 1.90. The van der Waals surface area contributed by atoms with E-state index >= 15 is 0 Å². The van der Waals surface area contributed by atoms with Gasteiger partial charge in [0.1, 0.15) is 0 Å². The minimum atomic E-state index is -0.378. The van der Waals surface area contributed by atoms with Crippen molar-refractivity contribution in [3.63, 3.8) is 0 Å². The average Bonchev–Trinajstić information content (AvgIpc) is 2.41. The van der Waals surface area contributed by atoms with Crippen molar-refractivity contribution in [2.45, 2.75) is 32.1 Å². The van der Waals surface area contributed by atoms with E-state index in [0.717, 1.165) is 11.8 Å². The summed E-state index contributed by atoms with van der Waals surface area (Å²) in [5, 5.41) is 16.0. The van der Waals surface area contributed by atoms with E-state index in [-0.39, 0.29) is 12.6 Å². The van der Waals surface area contributed by atoms with E-state index in [2.05, 4.69) is 17.5 Å². The van der Waals surface area contributed by atoms with E-state index in [9.17, 15) is 5.02 Å². The summed E-state index contributed by atoms with van der Waals surface area (Å²) in [6, 6.07) is 0. The number of fused-ring (bicyclic) bond motifs is 1. The lowest BCUT2D eigenvalue weighted by molar-refractivity contribution is 0.377. The number of hydrogen-bond acceptors (Lipinski definition) is 3. The molecule has 0 aromatic carbocycles. The zero-order chi connectivity index (χ0) is 9.47. The topological polar surface area (TPSA) is 44.3 Å². The molecule has 0 spiro atoms. The summed E-state index contributed by atoms with van der Waals surface area (Å²) in [4.78, 5) is 0. The third-order valence-electron chi connectivity index (χ3n) is 3.46. The van der Waals surface area contributed by atoms with Crippen molar-refractivity contribution >= 4 is 7.05 Å². The van der Waals surface area contributed by atoms with Gasteiger partial charge in [0.2, 0.25) is 0 Å². The van der Waals surface area contributed by atoms with E-state index in [1.807, 2.05) is 0 Å². The lowest BCUT2D eigenvalue weighted by Gasteiger charge is -2.27. The lowest BCUT2D eigenvalue weighted by Crippen LogP contribution is -2.48. The SMILES string of the molecule is CB(O)NC1(C)C[C@H]2CNC[C@H]2C1. The highest BCUT2D eigenvalue weighted by molar-refractivity contribution is 6.45. The lowest BCUT2D eigenvalue weighted by atomic mass is 9.82. The van der Waals surface area contributed by atoms with Gasteiger partial charge in [-0.2, -0.15) is 0 Å². The summed E-state index contributed by atoms with van der Waals surface area (Å²) < 4.78 is 0. The Balaban J connectivity index is 1.96. The first-order valence-electron chi connectivity index (χ1n) is 5.25. The molecule has 13 heavy (non-hydrogen) atoms. The van der Waals surface area contributed by atoms with Crippen molar-refractivity contribution in [1.82, 2.24) is 10.5 Å². The molecule has 1 saturated heterocycles. The fourth-order valence-electron chi connectivity index (χ4n) is 3.13. The second-order valence-corrected chi connectivity index (χ2v) is 4.97. The molecule has 2 aliphatic rings. The number of nitrogens with one attached hydrogen (secondary N) is 2. The normalized spacial score (nSPS) is 43.6. The Bertz CT molecular complexity index is 186. The minimum absolute atomic E-state index is 0.172. The molecule has 3 atom stereocenters. The van der Waals surface area contributed by atoms with Gasteiger partial charge < -0.3 is 15.6 Å². The zero-order valence-corrected chi connectivity index (χ0v) is 8.51. The number of rotatable bonds is 2. The molecule has 0 bridgehead atoms. The summed E-state index contributed by atoms with van der Waals surface area (Å²) in [5.74, 6) is 1.66. The Hall–Kier alpha value is -0.0551. The maximum Gasteiger partial charge on any atom is 0.374 e. The van der Waals surface area contributed by atoms with E-state index in [1.54, 1.807) is 6.82 Å². The van der Waals surface area contributed by atoms with Crippen molar-refractivity contribution in [3.8, 4) is 0 Å². The van der Waals surface area contributed by atoms with Crippen LogP contribution in [0, 0.1) is 11.8 Å². The van der Waals surface area contributed by atoms with Crippen LogP contribution in [0.1, 0.15) is 19.8 Å². The molecular formula is C9H19BN2O. The Morgan fingerprint density at radius 3 is 2.38 bits per heavy atom. The summed E-state index contributed by atoms with van der Waals surface area (Å²) >= 11 is 0. The Morgan fingerprint density at radius 2 is 1.92 bits per heavy atom. The number of hydrogen-bond donors (Lipinski definition) is 3. The van der Waals surface area contributed by atoms with Gasteiger partial charge in [-0.15, -0.1) is 0 Å². The highest BCUT2D eigenvalue weighted by atomic mass is 16.2. The maximum absolute atomic E-state index is 9.31. The first-order chi connectivity index (χ1) is 6.09. The van der Waals surface area contributed by atoms with Crippen molar-refractivity contribution in [1.29, 1.82) is 0 Å². The van der Waals surface area contributed by atoms with Crippen LogP contribution in [0.15, 0.2) is 0 Å². The summed E-state index contributed by atoms with van der Waals surface area (Å²) in [7, 11) is -0.378. The smallest absolute Gasteiger partial charge is 0.374 e. The van der Waals surface area contributed by atoms with Gasteiger partial charge in [-0.25, -0.2) is 0 Å². The monoisotopic (exact) mass is 182 g/mol. The fourth-order valence-corrected chi connectivity index (χ4v) is 3.13. The van der Waals surface area contributed by atoms with E-state index in [1.165, 1.54) is 25.9 Å². The van der Waals surface area contributed by atoms with Crippen molar-refractivity contribution in [3.05, 3.63) is 0 Å². The van der Waals surface area contributed by atoms with Crippen LogP contribution >= 0.6 is 0 Å². The van der Waals surface area contributed by atoms with E-state index < -0.39 is 0 Å². The Kier molecular flexibility index (Phi) is 2.38. The van der Waals surface area contributed by atoms with Gasteiger partial charge in [-0.1, -0.05) is 0 Å². The van der Waals surface area contributed by atoms with Crippen molar-refractivity contribution in [2.24, 2.45) is 11.8 Å². The Labute approximate surface area is 80.4 Å². The molecule has 3 nitrogen and oxygen atoms in total. The molecule has 4 heteroatoms. The summed E-state index contributed by atoms with van der Waals surface area (Å²) in [6.45, 7) is 6.37. The van der Waals surface area contributed by atoms with Gasteiger partial charge in [0.25, 0.3) is 0 Å². The molecule has 1 aliphatic carbocycles. The molecule has 0 aromatic heterocycles. The first kappa shape index (κ1) is 9.50. The van der Waals surface area contributed by atoms with Gasteiger partial charge in [0.15, 0.2) is 0 Å². The second kappa shape index (κ2) is 3.26. The molecule has 1 heterocycles. The van der Waals surface area contributed by atoms with Crippen LogP contribution in [0.25, 0.3) is 0 Å². The molecule has 1 saturated carbocycles. The van der Waals surface area contributed by atoms with Crippen molar-refractivity contribution in [2.75, 3.05) is 13.1 Å². The maximum atomic E-state index is 9.31. The average molecular weight is 182 g/mol. The predicted molar refractivity (Wildman–Crippen MR) is 54.5 cm³/mol. The van der Waals surface area contributed by atoms with Crippen LogP contribution in [0.5, 0.6) is 0 Å². The minimum Gasteiger partial charge on any atom is -0.437 e. The van der Waals surface area contributed by atoms with Gasteiger partial charge in [0, 0.05) is 5.54 Å². The standard InChI is InChI=1S/C9H19BN2O/c1-9(12-10(2)13)3-7-5-11-6-8(7)4-9/h7-8,11-13H,3-6H2,1-2H3/t7-,8+,9?. The van der Waals surface area contributed by atoms with Crippen LogP contribution in [0.3, 0.4) is 0 Å².